The Hall–Kier alpha value is -1.59. The molecule has 16 heavy (non-hydrogen) atoms. The quantitative estimate of drug-likeness (QED) is 0.803. The first-order chi connectivity index (χ1) is 7.34. The lowest BCUT2D eigenvalue weighted by molar-refractivity contribution is -0.139. The van der Waals surface area contributed by atoms with Gasteiger partial charge in [0, 0.05) is 12.6 Å². The maximum Gasteiger partial charge on any atom is 0.421 e. The van der Waals surface area contributed by atoms with E-state index in [0.717, 1.165) is 13.2 Å². The molecule has 0 aliphatic carbocycles. The number of nitrogens with zero attached hydrogens (tertiary/aromatic N) is 1. The van der Waals surface area contributed by atoms with Gasteiger partial charge in [-0.15, -0.1) is 0 Å². The predicted molar refractivity (Wildman–Crippen MR) is 50.2 cm³/mol. The fourth-order valence-corrected chi connectivity index (χ4v) is 1.25. The molecular formula is C10H10F3NO2. The predicted octanol–water partition coefficient (Wildman–Crippen LogP) is 2.24. The van der Waals surface area contributed by atoms with E-state index >= 15 is 0 Å². The summed E-state index contributed by atoms with van der Waals surface area (Å²) in [4.78, 5) is 14.3. The third-order valence-electron chi connectivity index (χ3n) is 1.86. The zero-order chi connectivity index (χ0) is 12.3. The Morgan fingerprint density at radius 2 is 2.12 bits per heavy atom. The molecular weight excluding hydrogens is 223 g/mol. The first-order valence-electron chi connectivity index (χ1n) is 4.44. The Balaban J connectivity index is 3.16. The minimum Gasteiger partial charge on any atom is -0.481 e. The Kier molecular flexibility index (Phi) is 3.51. The summed E-state index contributed by atoms with van der Waals surface area (Å²) in [5.41, 5.74) is -0.741. The molecule has 0 spiro atoms. The first kappa shape index (κ1) is 12.5. The Morgan fingerprint density at radius 1 is 1.50 bits per heavy atom. The number of rotatable bonds is 3. The zero-order valence-corrected chi connectivity index (χ0v) is 8.76. The van der Waals surface area contributed by atoms with E-state index in [4.69, 9.17) is 0 Å². The maximum atomic E-state index is 12.5. The van der Waals surface area contributed by atoms with E-state index in [1.54, 1.807) is 0 Å². The average Bonchev–Trinajstić information content (AvgIpc) is 2.15. The molecule has 0 saturated heterocycles. The van der Waals surface area contributed by atoms with Gasteiger partial charge < -0.3 is 4.74 Å². The third-order valence-corrected chi connectivity index (χ3v) is 1.86. The van der Waals surface area contributed by atoms with Crippen molar-refractivity contribution >= 4 is 5.78 Å². The Morgan fingerprint density at radius 3 is 2.56 bits per heavy atom. The topological polar surface area (TPSA) is 39.2 Å². The molecule has 0 radical (unpaired) electrons. The Labute approximate surface area is 90.2 Å². The number of ketones is 1. The summed E-state index contributed by atoms with van der Waals surface area (Å²) >= 11 is 0. The van der Waals surface area contributed by atoms with Crippen molar-refractivity contribution in [1.82, 2.24) is 4.98 Å². The molecule has 6 heteroatoms. The van der Waals surface area contributed by atoms with E-state index < -0.39 is 17.6 Å². The number of hydrogen-bond donors (Lipinski definition) is 0. The molecule has 0 N–H and O–H groups in total. The van der Waals surface area contributed by atoms with Gasteiger partial charge in [0.1, 0.15) is 11.3 Å². The molecule has 3 nitrogen and oxygen atoms in total. The summed E-state index contributed by atoms with van der Waals surface area (Å²) in [5.74, 6) is -0.708. The highest BCUT2D eigenvalue weighted by atomic mass is 19.4. The van der Waals surface area contributed by atoms with Crippen LogP contribution in [0.4, 0.5) is 13.2 Å². The van der Waals surface area contributed by atoms with Crippen molar-refractivity contribution in [3.8, 4) is 5.88 Å². The lowest BCUT2D eigenvalue weighted by atomic mass is 10.1. The van der Waals surface area contributed by atoms with Gasteiger partial charge in [0.05, 0.1) is 7.11 Å². The molecule has 1 heterocycles. The van der Waals surface area contributed by atoms with Crippen molar-refractivity contribution < 1.29 is 22.7 Å². The molecule has 0 aliphatic heterocycles. The van der Waals surface area contributed by atoms with E-state index in [-0.39, 0.29) is 17.8 Å². The number of carbonyl (C=O) groups excluding carboxylic acids is 1. The molecule has 1 aromatic rings. The van der Waals surface area contributed by atoms with Crippen LogP contribution in [0.2, 0.25) is 0 Å². The second kappa shape index (κ2) is 4.51. The van der Waals surface area contributed by atoms with Crippen LogP contribution in [-0.4, -0.2) is 17.9 Å². The average molecular weight is 233 g/mol. The van der Waals surface area contributed by atoms with Crippen LogP contribution in [0.1, 0.15) is 18.1 Å². The number of pyridine rings is 1. The van der Waals surface area contributed by atoms with Crippen molar-refractivity contribution in [2.45, 2.75) is 19.5 Å². The highest BCUT2D eigenvalue weighted by Crippen LogP contribution is 2.35. The summed E-state index contributed by atoms with van der Waals surface area (Å²) in [6.45, 7) is 1.30. The maximum absolute atomic E-state index is 12.5. The number of alkyl halides is 3. The summed E-state index contributed by atoms with van der Waals surface area (Å²) in [6, 6.07) is 0.882. The van der Waals surface area contributed by atoms with Gasteiger partial charge in [-0.25, -0.2) is 4.98 Å². The summed E-state index contributed by atoms with van der Waals surface area (Å²) in [7, 11) is 1.11. The van der Waals surface area contributed by atoms with Crippen LogP contribution in [0.25, 0.3) is 0 Å². The number of hydrogen-bond acceptors (Lipinski definition) is 3. The van der Waals surface area contributed by atoms with E-state index in [1.165, 1.54) is 13.1 Å². The lowest BCUT2D eigenvalue weighted by Gasteiger charge is -2.11. The van der Waals surface area contributed by atoms with Gasteiger partial charge in [0.2, 0.25) is 5.88 Å². The molecule has 0 fully saturated rings. The molecule has 0 aromatic carbocycles. The second-order valence-electron chi connectivity index (χ2n) is 3.28. The lowest BCUT2D eigenvalue weighted by Crippen LogP contribution is -2.10. The van der Waals surface area contributed by atoms with Crippen molar-refractivity contribution in [3.63, 3.8) is 0 Å². The summed E-state index contributed by atoms with van der Waals surface area (Å²) in [5, 5.41) is 0. The monoisotopic (exact) mass is 233 g/mol. The van der Waals surface area contributed by atoms with Crippen LogP contribution in [0.5, 0.6) is 5.88 Å². The molecule has 88 valence electrons. The van der Waals surface area contributed by atoms with Crippen LogP contribution >= 0.6 is 0 Å². The molecule has 1 rings (SSSR count). The largest absolute Gasteiger partial charge is 0.481 e. The van der Waals surface area contributed by atoms with Gasteiger partial charge in [-0.3, -0.25) is 4.79 Å². The van der Waals surface area contributed by atoms with E-state index in [2.05, 4.69) is 9.72 Å². The van der Waals surface area contributed by atoms with Crippen molar-refractivity contribution in [2.75, 3.05) is 7.11 Å². The number of aromatic nitrogens is 1. The molecule has 0 amide bonds. The van der Waals surface area contributed by atoms with Gasteiger partial charge in [-0.2, -0.15) is 13.2 Å². The molecule has 0 unspecified atom stereocenters. The van der Waals surface area contributed by atoms with Crippen molar-refractivity contribution in [3.05, 3.63) is 23.4 Å². The molecule has 0 atom stereocenters. The van der Waals surface area contributed by atoms with E-state index in [0.29, 0.717) is 0 Å². The fourth-order valence-electron chi connectivity index (χ4n) is 1.25. The molecule has 0 bridgehead atoms. The summed E-state index contributed by atoms with van der Waals surface area (Å²) < 4.78 is 42.2. The van der Waals surface area contributed by atoms with Crippen LogP contribution in [0.15, 0.2) is 12.3 Å². The SMILES string of the molecule is COc1ncc(CC(C)=O)cc1C(F)(F)F. The third kappa shape index (κ3) is 2.95. The van der Waals surface area contributed by atoms with Crippen LogP contribution < -0.4 is 4.74 Å². The molecule has 0 saturated carbocycles. The Bertz CT molecular complexity index is 402. The molecule has 1 aromatic heterocycles. The molecule has 0 aliphatic rings. The van der Waals surface area contributed by atoms with Gasteiger partial charge >= 0.3 is 6.18 Å². The van der Waals surface area contributed by atoms with Crippen molar-refractivity contribution in [1.29, 1.82) is 0 Å². The smallest absolute Gasteiger partial charge is 0.421 e. The van der Waals surface area contributed by atoms with Crippen LogP contribution in [-0.2, 0) is 17.4 Å². The second-order valence-corrected chi connectivity index (χ2v) is 3.28. The van der Waals surface area contributed by atoms with Gasteiger partial charge in [-0.05, 0) is 18.6 Å². The van der Waals surface area contributed by atoms with Crippen molar-refractivity contribution in [2.24, 2.45) is 0 Å². The zero-order valence-electron chi connectivity index (χ0n) is 8.76. The number of ether oxygens (including phenoxy) is 1. The van der Waals surface area contributed by atoms with E-state index in [9.17, 15) is 18.0 Å². The van der Waals surface area contributed by atoms with E-state index in [1.807, 2.05) is 0 Å². The van der Waals surface area contributed by atoms with Crippen LogP contribution in [0.3, 0.4) is 0 Å². The first-order valence-corrected chi connectivity index (χ1v) is 4.44. The normalized spacial score (nSPS) is 11.3. The minimum atomic E-state index is -4.54. The highest BCUT2D eigenvalue weighted by Gasteiger charge is 2.35. The van der Waals surface area contributed by atoms with Gasteiger partial charge in [-0.1, -0.05) is 0 Å². The number of halogens is 3. The number of Topliss-reactive ketones (excluding diaryl/α,β-unsaturated/α-hetero) is 1. The number of methoxy groups -OCH3 is 1. The standard InChI is InChI=1S/C10H10F3NO2/c1-6(15)3-7-4-8(10(11,12)13)9(16-2)14-5-7/h4-5H,3H2,1-2H3. The summed E-state index contributed by atoms with van der Waals surface area (Å²) in [6.07, 6.45) is -3.40. The van der Waals surface area contributed by atoms with Gasteiger partial charge in [0.15, 0.2) is 0 Å². The highest BCUT2D eigenvalue weighted by molar-refractivity contribution is 5.78. The minimum absolute atomic E-state index is 0.0694. The van der Waals surface area contributed by atoms with Crippen LogP contribution in [0, 0.1) is 0 Å². The van der Waals surface area contributed by atoms with Gasteiger partial charge in [0.25, 0.3) is 0 Å². The fraction of sp³-hybridized carbons (Fsp3) is 0.400. The number of carbonyl (C=O) groups is 1.